The minimum atomic E-state index is -0.0402. The molecule has 0 fully saturated rings. The van der Waals surface area contributed by atoms with E-state index in [1.807, 2.05) is 0 Å². The number of nitrogens with one attached hydrogen (secondary N) is 1. The van der Waals surface area contributed by atoms with E-state index in [0.717, 1.165) is 38.6 Å². The van der Waals surface area contributed by atoms with Gasteiger partial charge in [-0.3, -0.25) is 4.79 Å². The molecule has 132 valence electrons. The molecule has 0 aliphatic rings. The molecule has 0 unspecified atom stereocenters. The van der Waals surface area contributed by atoms with Crippen molar-refractivity contribution in [2.24, 2.45) is 5.73 Å². The van der Waals surface area contributed by atoms with Gasteiger partial charge >= 0.3 is 0 Å². The normalized spacial score (nSPS) is 11.0. The van der Waals surface area contributed by atoms with Gasteiger partial charge in [0.1, 0.15) is 0 Å². The van der Waals surface area contributed by atoms with E-state index in [0.29, 0.717) is 13.0 Å². The van der Waals surface area contributed by atoms with Crippen LogP contribution in [0.3, 0.4) is 0 Å². The van der Waals surface area contributed by atoms with Gasteiger partial charge in [0.25, 0.3) is 0 Å². The predicted octanol–water partition coefficient (Wildman–Crippen LogP) is 3.97. The highest BCUT2D eigenvalue weighted by molar-refractivity contribution is 5.85. The summed E-state index contributed by atoms with van der Waals surface area (Å²) in [4.78, 5) is 11.9. The van der Waals surface area contributed by atoms with Crippen molar-refractivity contribution in [2.45, 2.75) is 64.7 Å². The number of unbranched alkanes of at least 4 members (excludes halogenated alkanes) is 3. The molecule has 0 aliphatic heterocycles. The molecule has 4 heteroatoms. The number of carbonyl (C=O) groups excluding carboxylic acids is 1. The smallest absolute Gasteiger partial charge is 0.220 e. The minimum Gasteiger partial charge on any atom is -0.355 e. The van der Waals surface area contributed by atoms with E-state index < -0.39 is 0 Å². The fourth-order valence-corrected chi connectivity index (χ4v) is 2.49. The van der Waals surface area contributed by atoms with Gasteiger partial charge in [0.15, 0.2) is 0 Å². The zero-order valence-corrected chi connectivity index (χ0v) is 15.7. The molecule has 1 aromatic carbocycles. The van der Waals surface area contributed by atoms with Crippen molar-refractivity contribution < 1.29 is 4.79 Å². The Hall–Kier alpha value is -1.06. The van der Waals surface area contributed by atoms with Crippen molar-refractivity contribution in [2.75, 3.05) is 13.1 Å². The molecule has 1 aromatic rings. The second-order valence-electron chi connectivity index (χ2n) is 6.66. The maximum absolute atomic E-state index is 11.9. The quantitative estimate of drug-likeness (QED) is 0.633. The van der Waals surface area contributed by atoms with Crippen molar-refractivity contribution in [3.63, 3.8) is 0 Å². The lowest BCUT2D eigenvalue weighted by Gasteiger charge is -2.26. The van der Waals surface area contributed by atoms with E-state index in [2.05, 4.69) is 50.4 Å². The number of halogens is 1. The van der Waals surface area contributed by atoms with Crippen LogP contribution in [-0.4, -0.2) is 19.0 Å². The fourth-order valence-electron chi connectivity index (χ4n) is 2.49. The molecule has 3 nitrogen and oxygen atoms in total. The first-order valence-corrected chi connectivity index (χ1v) is 8.56. The summed E-state index contributed by atoms with van der Waals surface area (Å²) in [6.45, 7) is 7.94. The highest BCUT2D eigenvalue weighted by Gasteiger charge is 2.21. The monoisotopic (exact) mass is 340 g/mol. The Bertz CT molecular complexity index is 443. The maximum Gasteiger partial charge on any atom is 0.220 e. The Labute approximate surface area is 147 Å². The second-order valence-corrected chi connectivity index (χ2v) is 6.66. The Morgan fingerprint density at radius 2 is 1.70 bits per heavy atom. The summed E-state index contributed by atoms with van der Waals surface area (Å²) < 4.78 is 0. The van der Waals surface area contributed by atoms with Crippen LogP contribution in [-0.2, 0) is 16.6 Å². The largest absolute Gasteiger partial charge is 0.355 e. The van der Waals surface area contributed by atoms with Gasteiger partial charge in [-0.1, -0.05) is 57.9 Å². The average molecular weight is 341 g/mol. The standard InChI is InChI=1S/C19H32N2O.ClH/c1-4-16-10-12-17(13-11-16)19(2,3)15-21-18(22)9-7-5-6-8-14-20;/h10-13H,4-9,14-15,20H2,1-3H3,(H,21,22);1H. The average Bonchev–Trinajstić information content (AvgIpc) is 2.53. The van der Waals surface area contributed by atoms with E-state index in [9.17, 15) is 4.79 Å². The lowest BCUT2D eigenvalue weighted by molar-refractivity contribution is -0.121. The third kappa shape index (κ3) is 8.38. The molecular weight excluding hydrogens is 308 g/mol. The number of nitrogens with two attached hydrogens (primary N) is 1. The van der Waals surface area contributed by atoms with Crippen molar-refractivity contribution in [3.8, 4) is 0 Å². The summed E-state index contributed by atoms with van der Waals surface area (Å²) in [6, 6.07) is 8.71. The number of rotatable bonds is 10. The fraction of sp³-hybridized carbons (Fsp3) is 0.632. The number of aryl methyl sites for hydroxylation is 1. The van der Waals surface area contributed by atoms with Crippen molar-refractivity contribution in [1.29, 1.82) is 0 Å². The van der Waals surface area contributed by atoms with Gasteiger partial charge in [-0.05, 0) is 36.9 Å². The molecule has 0 radical (unpaired) electrons. The van der Waals surface area contributed by atoms with Gasteiger partial charge < -0.3 is 11.1 Å². The van der Waals surface area contributed by atoms with Crippen LogP contribution >= 0.6 is 12.4 Å². The molecular formula is C19H33ClN2O. The van der Waals surface area contributed by atoms with Gasteiger partial charge in [0.05, 0.1) is 0 Å². The molecule has 0 spiro atoms. The minimum absolute atomic E-state index is 0. The molecule has 0 aromatic heterocycles. The first-order chi connectivity index (χ1) is 10.5. The van der Waals surface area contributed by atoms with Gasteiger partial charge in [-0.25, -0.2) is 0 Å². The second kappa shape index (κ2) is 11.5. The predicted molar refractivity (Wildman–Crippen MR) is 101 cm³/mol. The van der Waals surface area contributed by atoms with Gasteiger partial charge in [-0.2, -0.15) is 0 Å². The van der Waals surface area contributed by atoms with Crippen molar-refractivity contribution in [1.82, 2.24) is 5.32 Å². The number of amides is 1. The van der Waals surface area contributed by atoms with Crippen LogP contribution in [0.2, 0.25) is 0 Å². The van der Waals surface area contributed by atoms with Crippen LogP contribution in [0.5, 0.6) is 0 Å². The Morgan fingerprint density at radius 3 is 2.26 bits per heavy atom. The zero-order chi connectivity index (χ0) is 16.4. The molecule has 0 bridgehead atoms. The van der Waals surface area contributed by atoms with Crippen LogP contribution in [0, 0.1) is 0 Å². The van der Waals surface area contributed by atoms with Crippen LogP contribution in [0.4, 0.5) is 0 Å². The van der Waals surface area contributed by atoms with Crippen LogP contribution in [0.25, 0.3) is 0 Å². The summed E-state index contributed by atoms with van der Waals surface area (Å²) in [6.07, 6.45) is 5.91. The van der Waals surface area contributed by atoms with E-state index in [4.69, 9.17) is 5.73 Å². The molecule has 23 heavy (non-hydrogen) atoms. The van der Waals surface area contributed by atoms with E-state index in [1.54, 1.807) is 0 Å². The summed E-state index contributed by atoms with van der Waals surface area (Å²) in [7, 11) is 0. The van der Waals surface area contributed by atoms with Gasteiger partial charge in [0, 0.05) is 18.4 Å². The Balaban J connectivity index is 0.00000484. The summed E-state index contributed by atoms with van der Waals surface area (Å²) in [5.41, 5.74) is 8.04. The first kappa shape index (κ1) is 21.9. The third-order valence-electron chi connectivity index (χ3n) is 4.23. The van der Waals surface area contributed by atoms with Gasteiger partial charge in [0.2, 0.25) is 5.91 Å². The summed E-state index contributed by atoms with van der Waals surface area (Å²) >= 11 is 0. The lowest BCUT2D eigenvalue weighted by atomic mass is 9.84. The summed E-state index contributed by atoms with van der Waals surface area (Å²) in [5.74, 6) is 0.158. The topological polar surface area (TPSA) is 55.1 Å². The van der Waals surface area contributed by atoms with E-state index in [1.165, 1.54) is 11.1 Å². The third-order valence-corrected chi connectivity index (χ3v) is 4.23. The number of hydrogen-bond donors (Lipinski definition) is 2. The highest BCUT2D eigenvalue weighted by Crippen LogP contribution is 2.22. The van der Waals surface area contributed by atoms with Crippen molar-refractivity contribution >= 4 is 18.3 Å². The molecule has 0 saturated heterocycles. The van der Waals surface area contributed by atoms with Crippen LogP contribution < -0.4 is 11.1 Å². The van der Waals surface area contributed by atoms with E-state index >= 15 is 0 Å². The van der Waals surface area contributed by atoms with Gasteiger partial charge in [-0.15, -0.1) is 12.4 Å². The lowest BCUT2D eigenvalue weighted by Crippen LogP contribution is -2.36. The maximum atomic E-state index is 11.9. The SMILES string of the molecule is CCc1ccc(C(C)(C)CNC(=O)CCCCCCN)cc1.Cl. The van der Waals surface area contributed by atoms with Crippen LogP contribution in [0.1, 0.15) is 64.0 Å². The molecule has 1 rings (SSSR count). The number of benzene rings is 1. The zero-order valence-electron chi connectivity index (χ0n) is 14.9. The Morgan fingerprint density at radius 1 is 1.09 bits per heavy atom. The molecule has 0 aliphatic carbocycles. The van der Waals surface area contributed by atoms with Crippen LogP contribution in [0.15, 0.2) is 24.3 Å². The summed E-state index contributed by atoms with van der Waals surface area (Å²) in [5, 5.41) is 3.08. The molecule has 1 amide bonds. The highest BCUT2D eigenvalue weighted by atomic mass is 35.5. The number of hydrogen-bond acceptors (Lipinski definition) is 2. The molecule has 0 saturated carbocycles. The number of carbonyl (C=O) groups is 1. The molecule has 3 N–H and O–H groups in total. The first-order valence-electron chi connectivity index (χ1n) is 8.56. The molecule has 0 atom stereocenters. The van der Waals surface area contributed by atoms with Crippen molar-refractivity contribution in [3.05, 3.63) is 35.4 Å². The van der Waals surface area contributed by atoms with E-state index in [-0.39, 0.29) is 23.7 Å². The molecule has 0 heterocycles. The Kier molecular flexibility index (Phi) is 10.9.